The molecule has 0 radical (unpaired) electrons. The standard InChI is InChI=1S/C38H32Cl2N2O2/c39-33-21-17-31(18-22-33)37(43)15-7-13-35(29-9-3-1-4-10-29)41-25-27-42(28-26-41)36(30-11-5-2-6-12-30)14-8-16-38(44)32-19-23-34(40)24-20-32/h1-24H,25-28H2. The molecule has 4 nitrogen and oxygen atoms in total. The normalized spacial score (nSPS) is 14.4. The van der Waals surface area contributed by atoms with E-state index in [0.29, 0.717) is 21.2 Å². The van der Waals surface area contributed by atoms with E-state index < -0.39 is 0 Å². The Labute approximate surface area is 268 Å². The van der Waals surface area contributed by atoms with Gasteiger partial charge in [-0.2, -0.15) is 0 Å². The molecule has 0 amide bonds. The highest BCUT2D eigenvalue weighted by atomic mass is 35.5. The average Bonchev–Trinajstić information content (AvgIpc) is 3.06. The molecule has 0 atom stereocenters. The van der Waals surface area contributed by atoms with E-state index in [1.54, 1.807) is 60.7 Å². The Bertz CT molecular complexity index is 1550. The van der Waals surface area contributed by atoms with Crippen molar-refractivity contribution in [1.29, 1.82) is 0 Å². The first-order valence-corrected chi connectivity index (χ1v) is 15.2. The van der Waals surface area contributed by atoms with E-state index >= 15 is 0 Å². The Morgan fingerprint density at radius 1 is 0.477 bits per heavy atom. The fraction of sp³-hybridized carbons (Fsp3) is 0.105. The average molecular weight is 620 g/mol. The number of halogens is 2. The van der Waals surface area contributed by atoms with Crippen molar-refractivity contribution in [3.63, 3.8) is 0 Å². The first kappa shape index (κ1) is 30.8. The van der Waals surface area contributed by atoms with Gasteiger partial charge in [0, 0.05) is 58.7 Å². The van der Waals surface area contributed by atoms with E-state index in [0.717, 1.165) is 48.7 Å². The van der Waals surface area contributed by atoms with Crippen LogP contribution in [0.3, 0.4) is 0 Å². The quantitative estimate of drug-likeness (QED) is 0.101. The molecule has 44 heavy (non-hydrogen) atoms. The molecular weight excluding hydrogens is 587 g/mol. The molecule has 0 aliphatic carbocycles. The molecule has 4 aromatic carbocycles. The van der Waals surface area contributed by atoms with E-state index in [9.17, 15) is 9.59 Å². The van der Waals surface area contributed by atoms with E-state index in [1.807, 2.05) is 60.7 Å². The number of piperazine rings is 1. The fourth-order valence-electron chi connectivity index (χ4n) is 5.05. The zero-order chi connectivity index (χ0) is 30.7. The predicted octanol–water partition coefficient (Wildman–Crippen LogP) is 8.87. The summed E-state index contributed by atoms with van der Waals surface area (Å²) in [6.45, 7) is 3.16. The molecule has 0 saturated carbocycles. The Morgan fingerprint density at radius 3 is 1.16 bits per heavy atom. The van der Waals surface area contributed by atoms with E-state index in [4.69, 9.17) is 23.2 Å². The lowest BCUT2D eigenvalue weighted by atomic mass is 10.1. The number of hydrogen-bond acceptors (Lipinski definition) is 4. The minimum Gasteiger partial charge on any atom is -0.368 e. The van der Waals surface area contributed by atoms with Crippen LogP contribution in [-0.2, 0) is 0 Å². The summed E-state index contributed by atoms with van der Waals surface area (Å²) in [6, 6.07) is 34.3. The SMILES string of the molecule is O=C(C=CC=C(c1ccccc1)N1CCN(C(=CC=CC(=O)c2ccc(Cl)cc2)c2ccccc2)CC1)c1ccc(Cl)cc1. The monoisotopic (exact) mass is 618 g/mol. The second kappa shape index (κ2) is 15.2. The second-order valence-electron chi connectivity index (χ2n) is 10.3. The number of allylic oxidation sites excluding steroid dienone is 6. The van der Waals surface area contributed by atoms with Gasteiger partial charge in [0.2, 0.25) is 0 Å². The van der Waals surface area contributed by atoms with Crippen LogP contribution in [0.2, 0.25) is 10.0 Å². The molecular formula is C38H32Cl2N2O2. The van der Waals surface area contributed by atoms with Gasteiger partial charge in [-0.25, -0.2) is 0 Å². The van der Waals surface area contributed by atoms with Crippen molar-refractivity contribution < 1.29 is 9.59 Å². The van der Waals surface area contributed by atoms with Crippen molar-refractivity contribution >= 4 is 46.2 Å². The van der Waals surface area contributed by atoms with Crippen LogP contribution in [0.4, 0.5) is 0 Å². The third kappa shape index (κ3) is 8.25. The maximum absolute atomic E-state index is 12.7. The fourth-order valence-corrected chi connectivity index (χ4v) is 5.30. The largest absolute Gasteiger partial charge is 0.368 e. The van der Waals surface area contributed by atoms with Gasteiger partial charge < -0.3 is 9.80 Å². The maximum Gasteiger partial charge on any atom is 0.185 e. The van der Waals surface area contributed by atoms with Crippen LogP contribution < -0.4 is 0 Å². The maximum atomic E-state index is 12.7. The van der Waals surface area contributed by atoms with E-state index in [-0.39, 0.29) is 11.6 Å². The van der Waals surface area contributed by atoms with Gasteiger partial charge in [0.05, 0.1) is 0 Å². The number of nitrogens with zero attached hydrogens (tertiary/aromatic N) is 2. The van der Waals surface area contributed by atoms with Crippen LogP contribution in [0, 0.1) is 0 Å². The predicted molar refractivity (Wildman–Crippen MR) is 182 cm³/mol. The molecule has 6 heteroatoms. The summed E-state index contributed by atoms with van der Waals surface area (Å²) in [7, 11) is 0. The number of ketones is 2. The Kier molecular flexibility index (Phi) is 10.6. The van der Waals surface area contributed by atoms with E-state index in [2.05, 4.69) is 34.1 Å². The third-order valence-corrected chi connectivity index (χ3v) is 7.86. The van der Waals surface area contributed by atoms with Crippen molar-refractivity contribution in [2.45, 2.75) is 0 Å². The van der Waals surface area contributed by atoms with Crippen LogP contribution >= 0.6 is 23.2 Å². The van der Waals surface area contributed by atoms with Gasteiger partial charge in [0.15, 0.2) is 11.6 Å². The number of benzene rings is 4. The molecule has 1 heterocycles. The topological polar surface area (TPSA) is 40.6 Å². The van der Waals surface area contributed by atoms with E-state index in [1.165, 1.54) is 0 Å². The molecule has 0 aromatic heterocycles. The molecule has 220 valence electrons. The summed E-state index contributed by atoms with van der Waals surface area (Å²) in [5.41, 5.74) is 5.49. The van der Waals surface area contributed by atoms with Crippen molar-refractivity contribution in [1.82, 2.24) is 9.80 Å². The lowest BCUT2D eigenvalue weighted by Gasteiger charge is -2.39. The van der Waals surface area contributed by atoms with Gasteiger partial charge in [0.1, 0.15) is 0 Å². The minimum atomic E-state index is -0.0737. The Balaban J connectivity index is 1.33. The zero-order valence-corrected chi connectivity index (χ0v) is 25.7. The molecule has 0 unspecified atom stereocenters. The van der Waals surface area contributed by atoms with Crippen LogP contribution in [0.25, 0.3) is 11.4 Å². The molecule has 1 saturated heterocycles. The summed E-state index contributed by atoms with van der Waals surface area (Å²) in [5.74, 6) is -0.147. The number of carbonyl (C=O) groups is 2. The summed E-state index contributed by atoms with van der Waals surface area (Å²) in [5, 5.41) is 1.20. The molecule has 1 fully saturated rings. The molecule has 1 aliphatic heterocycles. The molecule has 0 bridgehead atoms. The van der Waals surface area contributed by atoms with Crippen molar-refractivity contribution in [2.24, 2.45) is 0 Å². The van der Waals surface area contributed by atoms with Crippen LogP contribution in [0.1, 0.15) is 31.8 Å². The van der Waals surface area contributed by atoms with Gasteiger partial charge in [-0.15, -0.1) is 0 Å². The molecule has 0 N–H and O–H groups in total. The number of hydrogen-bond donors (Lipinski definition) is 0. The summed E-state index contributed by atoms with van der Waals surface area (Å²) >= 11 is 11.9. The smallest absolute Gasteiger partial charge is 0.185 e. The second-order valence-corrected chi connectivity index (χ2v) is 11.1. The molecule has 5 rings (SSSR count). The highest BCUT2D eigenvalue weighted by Crippen LogP contribution is 2.26. The van der Waals surface area contributed by atoms with Crippen LogP contribution in [0.15, 0.2) is 146 Å². The highest BCUT2D eigenvalue weighted by Gasteiger charge is 2.21. The van der Waals surface area contributed by atoms with Gasteiger partial charge >= 0.3 is 0 Å². The highest BCUT2D eigenvalue weighted by molar-refractivity contribution is 6.31. The number of carbonyl (C=O) groups excluding carboxylic acids is 2. The summed E-state index contributed by atoms with van der Waals surface area (Å²) < 4.78 is 0. The van der Waals surface area contributed by atoms with Crippen LogP contribution in [-0.4, -0.2) is 47.5 Å². The molecule has 4 aromatic rings. The first-order chi connectivity index (χ1) is 21.5. The van der Waals surface area contributed by atoms with Gasteiger partial charge in [0.25, 0.3) is 0 Å². The minimum absolute atomic E-state index is 0.0737. The lowest BCUT2D eigenvalue weighted by Crippen LogP contribution is -2.44. The number of rotatable bonds is 10. The van der Waals surface area contributed by atoms with Crippen LogP contribution in [0.5, 0.6) is 0 Å². The van der Waals surface area contributed by atoms with Crippen molar-refractivity contribution in [3.05, 3.63) is 178 Å². The van der Waals surface area contributed by atoms with Crippen molar-refractivity contribution in [3.8, 4) is 0 Å². The Hall–Kier alpha value is -4.64. The summed E-state index contributed by atoms with van der Waals surface area (Å²) in [4.78, 5) is 30.1. The lowest BCUT2D eigenvalue weighted by molar-refractivity contribution is 0.103. The van der Waals surface area contributed by atoms with Gasteiger partial charge in [-0.05, 0) is 84.0 Å². The molecule has 0 spiro atoms. The van der Waals surface area contributed by atoms with Gasteiger partial charge in [-0.3, -0.25) is 9.59 Å². The zero-order valence-electron chi connectivity index (χ0n) is 24.2. The molecule has 1 aliphatic rings. The van der Waals surface area contributed by atoms with Gasteiger partial charge in [-0.1, -0.05) is 96.0 Å². The third-order valence-electron chi connectivity index (χ3n) is 7.36. The Morgan fingerprint density at radius 2 is 0.818 bits per heavy atom. The first-order valence-electron chi connectivity index (χ1n) is 14.5. The van der Waals surface area contributed by atoms with Crippen molar-refractivity contribution in [2.75, 3.05) is 26.2 Å². The summed E-state index contributed by atoms with van der Waals surface area (Å²) in [6.07, 6.45) is 10.9.